The molecule has 32 heavy (non-hydrogen) atoms. The molecule has 0 radical (unpaired) electrons. The van der Waals surface area contributed by atoms with Gasteiger partial charge in [0.2, 0.25) is 0 Å². The lowest BCUT2D eigenvalue weighted by atomic mass is 9.97. The van der Waals surface area contributed by atoms with Crippen LogP contribution in [0.25, 0.3) is 0 Å². The fourth-order valence-electron chi connectivity index (χ4n) is 4.86. The van der Waals surface area contributed by atoms with Crippen LogP contribution in [0.15, 0.2) is 17.7 Å². The summed E-state index contributed by atoms with van der Waals surface area (Å²) in [5.41, 5.74) is 3.41. The van der Waals surface area contributed by atoms with Gasteiger partial charge >= 0.3 is 17.8 Å². The molecule has 3 aliphatic rings. The lowest BCUT2D eigenvalue weighted by molar-refractivity contribution is -0.143. The van der Waals surface area contributed by atoms with Crippen molar-refractivity contribution in [2.24, 2.45) is 0 Å². The number of nitrogens with zero attached hydrogens (tertiary/aromatic N) is 3. The highest BCUT2D eigenvalue weighted by atomic mass is 16.5. The van der Waals surface area contributed by atoms with E-state index < -0.39 is 24.4 Å². The van der Waals surface area contributed by atoms with Crippen molar-refractivity contribution in [1.82, 2.24) is 14.4 Å². The lowest BCUT2D eigenvalue weighted by Crippen LogP contribution is -2.37. The first-order valence-electron chi connectivity index (χ1n) is 11.5. The topological polar surface area (TPSA) is 88.9 Å². The van der Waals surface area contributed by atoms with E-state index in [9.17, 15) is 19.2 Å². The van der Waals surface area contributed by atoms with Gasteiger partial charge in [-0.15, -0.1) is 0 Å². The van der Waals surface area contributed by atoms with Crippen LogP contribution < -0.4 is 0 Å². The van der Waals surface area contributed by atoms with Gasteiger partial charge in [-0.05, 0) is 64.9 Å². The molecule has 0 N–H and O–H groups in total. The summed E-state index contributed by atoms with van der Waals surface area (Å²) in [5.74, 6) is -2.11. The number of ketones is 1. The van der Waals surface area contributed by atoms with E-state index in [1.165, 1.54) is 5.57 Å². The Labute approximate surface area is 188 Å². The number of aromatic nitrogens is 1. The summed E-state index contributed by atoms with van der Waals surface area (Å²) in [6.07, 6.45) is 9.15. The number of aryl methyl sites for hydroxylation is 1. The van der Waals surface area contributed by atoms with Crippen molar-refractivity contribution >= 4 is 23.6 Å². The molecule has 2 saturated heterocycles. The second kappa shape index (κ2) is 9.40. The highest BCUT2D eigenvalue weighted by Gasteiger charge is 2.45. The van der Waals surface area contributed by atoms with Crippen molar-refractivity contribution < 1.29 is 23.9 Å². The molecule has 1 aromatic rings. The smallest absolute Gasteiger partial charge is 0.334 e. The molecular weight excluding hydrogens is 410 g/mol. The van der Waals surface area contributed by atoms with E-state index in [4.69, 9.17) is 4.74 Å². The Bertz CT molecular complexity index is 971. The summed E-state index contributed by atoms with van der Waals surface area (Å²) in [5, 5.41) is 0. The molecule has 1 atom stereocenters. The highest BCUT2D eigenvalue weighted by Crippen LogP contribution is 2.24. The Kier molecular flexibility index (Phi) is 6.60. The maximum atomic E-state index is 13.0. The largest absolute Gasteiger partial charge is 0.376 e. The van der Waals surface area contributed by atoms with Crippen LogP contribution in [0.2, 0.25) is 0 Å². The molecule has 4 amide bonds. The monoisotopic (exact) mass is 441 g/mol. The van der Waals surface area contributed by atoms with E-state index in [-0.39, 0.29) is 18.4 Å². The highest BCUT2D eigenvalue weighted by molar-refractivity contribution is 6.45. The van der Waals surface area contributed by atoms with Crippen LogP contribution in [0.1, 0.15) is 66.7 Å². The Hall–Kier alpha value is -2.74. The molecule has 2 fully saturated rings. The van der Waals surface area contributed by atoms with E-state index in [0.717, 1.165) is 66.3 Å². The van der Waals surface area contributed by atoms with Crippen molar-refractivity contribution in [2.45, 2.75) is 71.4 Å². The fourth-order valence-corrected chi connectivity index (χ4v) is 4.86. The maximum absolute atomic E-state index is 13.0. The first kappa shape index (κ1) is 22.5. The molecule has 1 aromatic heterocycles. The van der Waals surface area contributed by atoms with Crippen LogP contribution in [-0.2, 0) is 20.9 Å². The molecule has 0 bridgehead atoms. The third kappa shape index (κ3) is 4.41. The lowest BCUT2D eigenvalue weighted by Gasteiger charge is -2.17. The number of carbonyl (C=O) groups excluding carboxylic acids is 4. The van der Waals surface area contributed by atoms with Crippen molar-refractivity contribution in [3.63, 3.8) is 0 Å². The third-order valence-electron chi connectivity index (χ3n) is 6.76. The summed E-state index contributed by atoms with van der Waals surface area (Å²) in [6, 6.07) is 1.09. The number of hydrogen-bond acceptors (Lipinski definition) is 5. The van der Waals surface area contributed by atoms with E-state index in [2.05, 4.69) is 6.08 Å². The molecule has 0 aromatic carbocycles. The number of urea groups is 1. The molecule has 0 unspecified atom stereocenters. The minimum absolute atomic E-state index is 0.134. The van der Waals surface area contributed by atoms with Gasteiger partial charge in [0.15, 0.2) is 5.78 Å². The SMILES string of the molecule is Cc1cc(C(=O)CN2C(=O)C(=O)N(CCC3=CCCCC3)C2=O)c(C)n1C[C@H]1CCCO1. The predicted octanol–water partition coefficient (Wildman–Crippen LogP) is 3.15. The number of allylic oxidation sites excluding steroid dienone is 1. The van der Waals surface area contributed by atoms with E-state index in [1.807, 2.05) is 18.4 Å². The summed E-state index contributed by atoms with van der Waals surface area (Å²) in [7, 11) is 0. The second-order valence-electron chi connectivity index (χ2n) is 8.94. The van der Waals surface area contributed by atoms with Crippen LogP contribution in [0.4, 0.5) is 4.79 Å². The van der Waals surface area contributed by atoms with Gasteiger partial charge in [-0.2, -0.15) is 0 Å². The van der Waals surface area contributed by atoms with E-state index in [0.29, 0.717) is 18.5 Å². The Balaban J connectivity index is 1.42. The number of carbonyl (C=O) groups is 4. The third-order valence-corrected chi connectivity index (χ3v) is 6.76. The van der Waals surface area contributed by atoms with Crippen molar-refractivity contribution in [2.75, 3.05) is 19.7 Å². The molecule has 8 nitrogen and oxygen atoms in total. The number of amides is 4. The number of rotatable bonds is 8. The summed E-state index contributed by atoms with van der Waals surface area (Å²) in [6.45, 7) is 4.97. The van der Waals surface area contributed by atoms with Crippen molar-refractivity contribution in [1.29, 1.82) is 0 Å². The Morgan fingerprint density at radius 3 is 2.56 bits per heavy atom. The Morgan fingerprint density at radius 2 is 1.88 bits per heavy atom. The normalized spacial score (nSPS) is 21.6. The van der Waals surface area contributed by atoms with Crippen molar-refractivity contribution in [3.8, 4) is 0 Å². The van der Waals surface area contributed by atoms with Crippen LogP contribution in [0.3, 0.4) is 0 Å². The summed E-state index contributed by atoms with van der Waals surface area (Å²) < 4.78 is 7.76. The van der Waals surface area contributed by atoms with Crippen LogP contribution in [-0.4, -0.2) is 63.8 Å². The zero-order valence-corrected chi connectivity index (χ0v) is 18.9. The van der Waals surface area contributed by atoms with Gasteiger partial charge in [-0.25, -0.2) is 9.69 Å². The van der Waals surface area contributed by atoms with E-state index >= 15 is 0 Å². The molecular formula is C24H31N3O5. The number of imide groups is 2. The fraction of sp³-hybridized carbons (Fsp3) is 0.583. The van der Waals surface area contributed by atoms with Gasteiger partial charge in [0.05, 0.1) is 12.6 Å². The number of Topliss-reactive ketones (excluding diaryl/α,β-unsaturated/α-hetero) is 1. The van der Waals surface area contributed by atoms with Crippen molar-refractivity contribution in [3.05, 3.63) is 34.7 Å². The van der Waals surface area contributed by atoms with Crippen LogP contribution >= 0.6 is 0 Å². The molecule has 2 aliphatic heterocycles. The minimum atomic E-state index is -0.922. The summed E-state index contributed by atoms with van der Waals surface area (Å²) >= 11 is 0. The first-order chi connectivity index (χ1) is 15.4. The molecule has 4 rings (SSSR count). The molecule has 1 aliphatic carbocycles. The van der Waals surface area contributed by atoms with Gasteiger partial charge in [-0.1, -0.05) is 11.6 Å². The molecule has 0 spiro atoms. The zero-order valence-electron chi connectivity index (χ0n) is 18.9. The zero-order chi connectivity index (χ0) is 22.8. The quantitative estimate of drug-likeness (QED) is 0.268. The van der Waals surface area contributed by atoms with E-state index in [1.54, 1.807) is 6.07 Å². The predicted molar refractivity (Wildman–Crippen MR) is 117 cm³/mol. The van der Waals surface area contributed by atoms with Gasteiger partial charge in [0.25, 0.3) is 0 Å². The molecule has 172 valence electrons. The average Bonchev–Trinajstić information content (AvgIpc) is 3.45. The maximum Gasteiger partial charge on any atom is 0.334 e. The van der Waals surface area contributed by atoms with Gasteiger partial charge in [0, 0.05) is 36.6 Å². The average molecular weight is 442 g/mol. The summed E-state index contributed by atoms with van der Waals surface area (Å²) in [4.78, 5) is 52.4. The van der Waals surface area contributed by atoms with Crippen LogP contribution in [0.5, 0.6) is 0 Å². The Morgan fingerprint density at radius 1 is 1.09 bits per heavy atom. The number of ether oxygens (including phenoxy) is 1. The molecule has 8 heteroatoms. The second-order valence-corrected chi connectivity index (χ2v) is 8.94. The molecule has 0 saturated carbocycles. The first-order valence-corrected chi connectivity index (χ1v) is 11.5. The van der Waals surface area contributed by atoms with Gasteiger partial charge in [0.1, 0.15) is 0 Å². The standard InChI is InChI=1S/C24H31N3O5/c1-16-13-20(17(2)26(16)14-19-9-6-12-32-19)21(28)15-27-23(30)22(29)25(24(27)31)11-10-18-7-4-3-5-8-18/h7,13,19H,3-6,8-12,14-15H2,1-2H3/t19-/m1/s1. The van der Waals surface area contributed by atoms with Gasteiger partial charge in [-0.3, -0.25) is 19.3 Å². The van der Waals surface area contributed by atoms with Crippen LogP contribution in [0, 0.1) is 13.8 Å². The minimum Gasteiger partial charge on any atom is -0.376 e. The number of hydrogen-bond donors (Lipinski definition) is 0. The van der Waals surface area contributed by atoms with Gasteiger partial charge < -0.3 is 9.30 Å². The molecule has 3 heterocycles.